The fraction of sp³-hybridized carbons (Fsp3) is 0.385. The molecule has 1 aliphatic rings. The summed E-state index contributed by atoms with van der Waals surface area (Å²) in [6.07, 6.45) is 0.468. The molecule has 6 nitrogen and oxygen atoms in total. The second kappa shape index (κ2) is 5.48. The van der Waals surface area contributed by atoms with Crippen LogP contribution in [0.15, 0.2) is 35.7 Å². The fourth-order valence-electron chi connectivity index (χ4n) is 2.19. The smallest absolute Gasteiger partial charge is 0.119 e. The predicted octanol–water partition coefficient (Wildman–Crippen LogP) is 0.547. The molecule has 1 atom stereocenters. The Bertz CT molecular complexity index is 472. The Hall–Kier alpha value is -1.76. The number of benzene rings is 1. The van der Waals surface area contributed by atoms with Crippen molar-refractivity contribution in [2.45, 2.75) is 19.4 Å². The monoisotopic (exact) mass is 264 g/mol. The van der Waals surface area contributed by atoms with E-state index < -0.39 is 0 Å². The van der Waals surface area contributed by atoms with Gasteiger partial charge in [0.1, 0.15) is 5.75 Å². The van der Waals surface area contributed by atoms with Crippen molar-refractivity contribution in [3.05, 3.63) is 35.7 Å². The van der Waals surface area contributed by atoms with Crippen molar-refractivity contribution in [2.75, 3.05) is 18.7 Å². The maximum Gasteiger partial charge on any atom is 0.119 e. The largest absolute Gasteiger partial charge is 0.497 e. The lowest BCUT2D eigenvalue weighted by Gasteiger charge is -2.30. The van der Waals surface area contributed by atoms with Gasteiger partial charge in [-0.2, -0.15) is 0 Å². The number of nitrogens with zero attached hydrogens (tertiary/aromatic N) is 2. The highest BCUT2D eigenvalue weighted by Crippen LogP contribution is 2.32. The SMILES string of the molecule is COc1ccc(N2C(CCO)=C(N)C(C)N2N)cc1. The highest BCUT2D eigenvalue weighted by atomic mass is 16.5. The second-order valence-corrected chi connectivity index (χ2v) is 4.44. The first-order valence-corrected chi connectivity index (χ1v) is 6.17. The van der Waals surface area contributed by atoms with Gasteiger partial charge in [0, 0.05) is 13.0 Å². The normalized spacial score (nSPS) is 20.2. The van der Waals surface area contributed by atoms with E-state index in [1.165, 1.54) is 0 Å². The van der Waals surface area contributed by atoms with E-state index in [2.05, 4.69) is 0 Å². The van der Waals surface area contributed by atoms with E-state index in [0.717, 1.165) is 17.1 Å². The van der Waals surface area contributed by atoms with Gasteiger partial charge in [-0.25, -0.2) is 5.84 Å². The number of hydrogen-bond donors (Lipinski definition) is 3. The molecule has 1 heterocycles. The van der Waals surface area contributed by atoms with Crippen LogP contribution in [0.5, 0.6) is 5.75 Å². The molecule has 0 saturated heterocycles. The van der Waals surface area contributed by atoms with Crippen LogP contribution in [0, 0.1) is 0 Å². The first-order chi connectivity index (χ1) is 9.10. The van der Waals surface area contributed by atoms with E-state index in [9.17, 15) is 0 Å². The molecule has 0 aromatic heterocycles. The Morgan fingerprint density at radius 3 is 2.47 bits per heavy atom. The molecular formula is C13H20N4O2. The number of hydrogen-bond acceptors (Lipinski definition) is 6. The van der Waals surface area contributed by atoms with Gasteiger partial charge in [0.2, 0.25) is 0 Å². The van der Waals surface area contributed by atoms with Crippen LogP contribution >= 0.6 is 0 Å². The number of aliphatic hydroxyl groups is 1. The lowest BCUT2D eigenvalue weighted by Crippen LogP contribution is -2.47. The first-order valence-electron chi connectivity index (χ1n) is 6.17. The van der Waals surface area contributed by atoms with Crippen molar-refractivity contribution in [1.29, 1.82) is 0 Å². The number of rotatable bonds is 4. The molecule has 6 heteroatoms. The summed E-state index contributed by atoms with van der Waals surface area (Å²) in [4.78, 5) is 0. The van der Waals surface area contributed by atoms with E-state index >= 15 is 0 Å². The summed E-state index contributed by atoms with van der Waals surface area (Å²) in [6.45, 7) is 1.96. The minimum Gasteiger partial charge on any atom is -0.497 e. The van der Waals surface area contributed by atoms with Crippen molar-refractivity contribution in [3.8, 4) is 5.75 Å². The third kappa shape index (κ3) is 2.37. The van der Waals surface area contributed by atoms with E-state index in [-0.39, 0.29) is 12.6 Å². The van der Waals surface area contributed by atoms with Gasteiger partial charge in [0.15, 0.2) is 0 Å². The standard InChI is InChI=1S/C13H20N4O2/c1-9-13(14)12(7-8-18)16(17(9)15)10-3-5-11(19-2)6-4-10/h3-6,9,18H,7-8,14-15H2,1-2H3. The summed E-state index contributed by atoms with van der Waals surface area (Å²) in [7, 11) is 1.62. The third-order valence-corrected chi connectivity index (χ3v) is 3.33. The first kappa shape index (κ1) is 13.7. The summed E-state index contributed by atoms with van der Waals surface area (Å²) in [5.74, 6) is 6.84. The molecule has 1 aliphatic heterocycles. The Kier molecular flexibility index (Phi) is 3.94. The average molecular weight is 264 g/mol. The number of anilines is 1. The van der Waals surface area contributed by atoms with Gasteiger partial charge in [0.05, 0.1) is 30.2 Å². The van der Waals surface area contributed by atoms with Crippen molar-refractivity contribution in [3.63, 3.8) is 0 Å². The zero-order valence-electron chi connectivity index (χ0n) is 11.2. The van der Waals surface area contributed by atoms with Gasteiger partial charge < -0.3 is 15.6 Å². The van der Waals surface area contributed by atoms with Crippen LogP contribution in [-0.4, -0.2) is 30.0 Å². The summed E-state index contributed by atoms with van der Waals surface area (Å²) >= 11 is 0. The van der Waals surface area contributed by atoms with E-state index in [0.29, 0.717) is 12.1 Å². The van der Waals surface area contributed by atoms with Crippen LogP contribution < -0.4 is 21.3 Å². The second-order valence-electron chi connectivity index (χ2n) is 4.44. The Balaban J connectivity index is 2.35. The quantitative estimate of drug-likeness (QED) is 0.688. The van der Waals surface area contributed by atoms with Gasteiger partial charge in [-0.05, 0) is 31.2 Å². The maximum atomic E-state index is 9.17. The average Bonchev–Trinajstić information content (AvgIpc) is 2.64. The molecule has 19 heavy (non-hydrogen) atoms. The van der Waals surface area contributed by atoms with E-state index in [4.69, 9.17) is 21.4 Å². The van der Waals surface area contributed by atoms with E-state index in [1.54, 1.807) is 12.2 Å². The van der Waals surface area contributed by atoms with Crippen molar-refractivity contribution in [1.82, 2.24) is 5.12 Å². The molecule has 1 aromatic rings. The summed E-state index contributed by atoms with van der Waals surface area (Å²) in [6, 6.07) is 7.43. The number of nitrogens with two attached hydrogens (primary N) is 2. The minimum absolute atomic E-state index is 0.0310. The van der Waals surface area contributed by atoms with Crippen molar-refractivity contribution >= 4 is 5.69 Å². The van der Waals surface area contributed by atoms with Gasteiger partial charge in [-0.3, -0.25) is 5.01 Å². The van der Waals surface area contributed by atoms with Crippen molar-refractivity contribution < 1.29 is 9.84 Å². The zero-order valence-corrected chi connectivity index (χ0v) is 11.2. The third-order valence-electron chi connectivity index (χ3n) is 3.33. The van der Waals surface area contributed by atoms with Gasteiger partial charge in [-0.1, -0.05) is 0 Å². The Morgan fingerprint density at radius 2 is 1.95 bits per heavy atom. The van der Waals surface area contributed by atoms with Crippen LogP contribution in [0.3, 0.4) is 0 Å². The molecule has 1 unspecified atom stereocenters. The maximum absolute atomic E-state index is 9.17. The Morgan fingerprint density at radius 1 is 1.32 bits per heavy atom. The molecule has 0 amide bonds. The summed E-state index contributed by atoms with van der Waals surface area (Å²) < 4.78 is 5.14. The summed E-state index contributed by atoms with van der Waals surface area (Å²) in [5.41, 5.74) is 8.47. The molecule has 0 saturated carbocycles. The molecule has 0 fully saturated rings. The van der Waals surface area contributed by atoms with Crippen LogP contribution in [0.25, 0.3) is 0 Å². The van der Waals surface area contributed by atoms with Gasteiger partial charge in [0.25, 0.3) is 0 Å². The Labute approximate surface area is 112 Å². The van der Waals surface area contributed by atoms with Gasteiger partial charge >= 0.3 is 0 Å². The van der Waals surface area contributed by atoms with Gasteiger partial charge in [-0.15, -0.1) is 5.12 Å². The highest BCUT2D eigenvalue weighted by molar-refractivity contribution is 5.55. The van der Waals surface area contributed by atoms with Crippen LogP contribution in [0.4, 0.5) is 5.69 Å². The molecule has 2 rings (SSSR count). The molecule has 0 radical (unpaired) electrons. The molecule has 1 aromatic carbocycles. The number of methoxy groups -OCH3 is 1. The number of ether oxygens (including phenoxy) is 1. The topological polar surface area (TPSA) is 88.0 Å². The van der Waals surface area contributed by atoms with Crippen LogP contribution in [-0.2, 0) is 0 Å². The molecule has 0 bridgehead atoms. The van der Waals surface area contributed by atoms with Crippen LogP contribution in [0.1, 0.15) is 13.3 Å². The molecular weight excluding hydrogens is 244 g/mol. The molecule has 5 N–H and O–H groups in total. The fourth-order valence-corrected chi connectivity index (χ4v) is 2.19. The molecule has 104 valence electrons. The minimum atomic E-state index is -0.0938. The molecule has 0 spiro atoms. The zero-order chi connectivity index (χ0) is 14.0. The summed E-state index contributed by atoms with van der Waals surface area (Å²) in [5, 5.41) is 12.6. The number of aliphatic hydroxyl groups excluding tert-OH is 1. The van der Waals surface area contributed by atoms with Crippen molar-refractivity contribution in [2.24, 2.45) is 11.6 Å². The highest BCUT2D eigenvalue weighted by Gasteiger charge is 2.33. The lowest BCUT2D eigenvalue weighted by atomic mass is 10.2. The number of hydrazine groups is 2. The molecule has 0 aliphatic carbocycles. The lowest BCUT2D eigenvalue weighted by molar-refractivity contribution is 0.251. The van der Waals surface area contributed by atoms with Crippen LogP contribution in [0.2, 0.25) is 0 Å². The predicted molar refractivity (Wildman–Crippen MR) is 73.9 cm³/mol. The van der Waals surface area contributed by atoms with E-state index in [1.807, 2.05) is 36.2 Å².